The van der Waals surface area contributed by atoms with E-state index in [1.165, 1.54) is 30.7 Å². The predicted octanol–water partition coefficient (Wildman–Crippen LogP) is 4.38. The van der Waals surface area contributed by atoms with E-state index in [-0.39, 0.29) is 0 Å². The van der Waals surface area contributed by atoms with Crippen LogP contribution < -0.4 is 0 Å². The Morgan fingerprint density at radius 3 is 2.94 bits per heavy atom. The van der Waals surface area contributed by atoms with Gasteiger partial charge in [0, 0.05) is 23.3 Å². The molecule has 16 heavy (non-hydrogen) atoms. The van der Waals surface area contributed by atoms with Crippen molar-refractivity contribution in [1.29, 1.82) is 0 Å². The minimum absolute atomic E-state index is 0.673. The molecule has 0 bridgehead atoms. The smallest absolute Gasteiger partial charge is 0.0931 e. The summed E-state index contributed by atoms with van der Waals surface area (Å²) in [5.41, 5.74) is 0. The highest BCUT2D eigenvalue weighted by Crippen LogP contribution is 2.27. The van der Waals surface area contributed by atoms with Crippen molar-refractivity contribution in [3.63, 3.8) is 0 Å². The van der Waals surface area contributed by atoms with Crippen LogP contribution in [0.2, 0.25) is 4.34 Å². The largest absolute Gasteiger partial charge is 0.295 e. The van der Waals surface area contributed by atoms with Crippen LogP contribution in [-0.2, 0) is 6.54 Å². The Morgan fingerprint density at radius 1 is 1.38 bits per heavy atom. The molecule has 0 amide bonds. The Labute approximate surface area is 111 Å². The minimum Gasteiger partial charge on any atom is -0.295 e. The zero-order chi connectivity index (χ0) is 11.4. The van der Waals surface area contributed by atoms with Gasteiger partial charge < -0.3 is 0 Å². The summed E-state index contributed by atoms with van der Waals surface area (Å²) in [4.78, 5) is 3.93. The molecule has 0 saturated carbocycles. The maximum absolute atomic E-state index is 5.95. The van der Waals surface area contributed by atoms with E-state index >= 15 is 0 Å². The molecule has 0 aliphatic carbocycles. The van der Waals surface area contributed by atoms with E-state index in [4.69, 9.17) is 23.2 Å². The van der Waals surface area contributed by atoms with Crippen LogP contribution in [0.15, 0.2) is 12.1 Å². The van der Waals surface area contributed by atoms with Crippen molar-refractivity contribution in [1.82, 2.24) is 4.90 Å². The molecule has 1 aromatic heterocycles. The molecule has 1 fully saturated rings. The molecule has 1 aliphatic rings. The molecule has 2 heterocycles. The van der Waals surface area contributed by atoms with Crippen molar-refractivity contribution in [2.24, 2.45) is 0 Å². The third-order valence-corrected chi connectivity index (χ3v) is 4.61. The third kappa shape index (κ3) is 3.36. The van der Waals surface area contributed by atoms with Crippen LogP contribution in [-0.4, -0.2) is 23.4 Å². The average Bonchev–Trinajstić information content (AvgIpc) is 2.67. The lowest BCUT2D eigenvalue weighted by atomic mass is 10.00. The predicted molar refractivity (Wildman–Crippen MR) is 72.7 cm³/mol. The maximum Gasteiger partial charge on any atom is 0.0931 e. The summed E-state index contributed by atoms with van der Waals surface area (Å²) in [6, 6.07) is 4.80. The van der Waals surface area contributed by atoms with E-state index in [1.54, 1.807) is 11.3 Å². The number of hydrogen-bond donors (Lipinski definition) is 0. The number of likely N-dealkylation sites (tertiary alicyclic amines) is 1. The van der Waals surface area contributed by atoms with Gasteiger partial charge in [0.1, 0.15) is 0 Å². The molecule has 2 rings (SSSR count). The molecule has 1 unspecified atom stereocenters. The van der Waals surface area contributed by atoms with Crippen LogP contribution in [0.3, 0.4) is 0 Å². The Morgan fingerprint density at radius 2 is 2.25 bits per heavy atom. The van der Waals surface area contributed by atoms with Gasteiger partial charge in [0.15, 0.2) is 0 Å². The number of halogens is 2. The topological polar surface area (TPSA) is 3.24 Å². The van der Waals surface area contributed by atoms with Crippen LogP contribution >= 0.6 is 34.5 Å². The maximum atomic E-state index is 5.95. The molecule has 0 radical (unpaired) electrons. The van der Waals surface area contributed by atoms with Gasteiger partial charge in [-0.3, -0.25) is 4.90 Å². The lowest BCUT2D eigenvalue weighted by Gasteiger charge is -2.35. The molecule has 1 atom stereocenters. The summed E-state index contributed by atoms with van der Waals surface area (Å²) < 4.78 is 0.890. The molecule has 1 nitrogen and oxygen atoms in total. The van der Waals surface area contributed by atoms with Crippen molar-refractivity contribution >= 4 is 34.5 Å². The van der Waals surface area contributed by atoms with Gasteiger partial charge in [-0.1, -0.05) is 18.0 Å². The number of hydrogen-bond acceptors (Lipinski definition) is 2. The van der Waals surface area contributed by atoms with Gasteiger partial charge in [-0.05, 0) is 37.9 Å². The van der Waals surface area contributed by atoms with Crippen LogP contribution in [0, 0.1) is 0 Å². The Hall–Kier alpha value is 0.240. The van der Waals surface area contributed by atoms with E-state index in [0.717, 1.165) is 23.2 Å². The molecule has 1 aromatic rings. The first kappa shape index (κ1) is 12.7. The first-order chi connectivity index (χ1) is 7.79. The number of alkyl halides is 1. The van der Waals surface area contributed by atoms with Gasteiger partial charge >= 0.3 is 0 Å². The highest BCUT2D eigenvalue weighted by atomic mass is 35.5. The SMILES string of the molecule is ClCCC1CCCCN1Cc1ccc(Cl)s1. The van der Waals surface area contributed by atoms with Gasteiger partial charge in [0.2, 0.25) is 0 Å². The van der Waals surface area contributed by atoms with Crippen molar-refractivity contribution in [3.8, 4) is 0 Å². The van der Waals surface area contributed by atoms with Gasteiger partial charge in [-0.25, -0.2) is 0 Å². The van der Waals surface area contributed by atoms with Crippen LogP contribution in [0.25, 0.3) is 0 Å². The molecule has 0 aromatic carbocycles. The Kier molecular flexibility index (Phi) is 4.96. The monoisotopic (exact) mass is 277 g/mol. The second-order valence-corrected chi connectivity index (χ2v) is 6.48. The summed E-state index contributed by atoms with van der Waals surface area (Å²) in [5, 5.41) is 0. The fraction of sp³-hybridized carbons (Fsp3) is 0.667. The first-order valence-corrected chi connectivity index (χ1v) is 7.56. The van der Waals surface area contributed by atoms with Crippen LogP contribution in [0.1, 0.15) is 30.6 Å². The third-order valence-electron chi connectivity index (χ3n) is 3.18. The summed E-state index contributed by atoms with van der Waals surface area (Å²) in [7, 11) is 0. The van der Waals surface area contributed by atoms with E-state index < -0.39 is 0 Å². The van der Waals surface area contributed by atoms with Crippen molar-refractivity contribution in [2.75, 3.05) is 12.4 Å². The lowest BCUT2D eigenvalue weighted by molar-refractivity contribution is 0.138. The molecule has 0 spiro atoms. The summed E-state index contributed by atoms with van der Waals surface area (Å²) >= 11 is 13.5. The highest BCUT2D eigenvalue weighted by Gasteiger charge is 2.22. The zero-order valence-electron chi connectivity index (χ0n) is 9.29. The normalized spacial score (nSPS) is 22.5. The van der Waals surface area contributed by atoms with E-state index in [2.05, 4.69) is 11.0 Å². The highest BCUT2D eigenvalue weighted by molar-refractivity contribution is 7.16. The molecular formula is C12H17Cl2NS. The fourth-order valence-electron chi connectivity index (χ4n) is 2.36. The molecule has 90 valence electrons. The summed E-state index contributed by atoms with van der Waals surface area (Å²) in [5.74, 6) is 0.770. The standard InChI is InChI=1S/C12H17Cl2NS/c13-7-6-10-3-1-2-8-15(10)9-11-4-5-12(14)16-11/h4-5,10H,1-3,6-9H2. The zero-order valence-corrected chi connectivity index (χ0v) is 11.6. The van der Waals surface area contributed by atoms with Gasteiger partial charge in [0.05, 0.1) is 4.34 Å². The first-order valence-electron chi connectivity index (χ1n) is 5.84. The molecular weight excluding hydrogens is 261 g/mol. The number of rotatable bonds is 4. The Balaban J connectivity index is 1.95. The van der Waals surface area contributed by atoms with Crippen LogP contribution in [0.4, 0.5) is 0 Å². The Bertz CT molecular complexity index is 325. The van der Waals surface area contributed by atoms with Crippen LogP contribution in [0.5, 0.6) is 0 Å². The number of thiophene rings is 1. The van der Waals surface area contributed by atoms with Gasteiger partial charge in [-0.2, -0.15) is 0 Å². The van der Waals surface area contributed by atoms with E-state index in [0.29, 0.717) is 6.04 Å². The van der Waals surface area contributed by atoms with E-state index in [9.17, 15) is 0 Å². The molecule has 1 aliphatic heterocycles. The van der Waals surface area contributed by atoms with Gasteiger partial charge in [0.25, 0.3) is 0 Å². The molecule has 0 N–H and O–H groups in total. The van der Waals surface area contributed by atoms with Crippen molar-refractivity contribution in [2.45, 2.75) is 38.3 Å². The average molecular weight is 278 g/mol. The summed E-state index contributed by atoms with van der Waals surface area (Å²) in [6.45, 7) is 2.25. The molecule has 4 heteroatoms. The lowest BCUT2D eigenvalue weighted by Crippen LogP contribution is -2.38. The van der Waals surface area contributed by atoms with Crippen molar-refractivity contribution < 1.29 is 0 Å². The van der Waals surface area contributed by atoms with E-state index in [1.807, 2.05) is 6.07 Å². The fourth-order valence-corrected chi connectivity index (χ4v) is 3.72. The van der Waals surface area contributed by atoms with Gasteiger partial charge in [-0.15, -0.1) is 22.9 Å². The minimum atomic E-state index is 0.673. The number of piperidine rings is 1. The molecule has 1 saturated heterocycles. The quantitative estimate of drug-likeness (QED) is 0.738. The second-order valence-electron chi connectivity index (χ2n) is 4.30. The number of nitrogens with zero attached hydrogens (tertiary/aromatic N) is 1. The van der Waals surface area contributed by atoms with Crippen molar-refractivity contribution in [3.05, 3.63) is 21.3 Å². The second kappa shape index (κ2) is 6.25. The summed E-state index contributed by atoms with van der Waals surface area (Å²) in [6.07, 6.45) is 5.08.